The van der Waals surface area contributed by atoms with Gasteiger partial charge in [0, 0.05) is 36.5 Å². The second-order valence-corrected chi connectivity index (χ2v) is 3.95. The van der Waals surface area contributed by atoms with E-state index in [-0.39, 0.29) is 0 Å². The molecule has 0 unspecified atom stereocenters. The Morgan fingerprint density at radius 3 is 2.92 bits per heavy atom. The zero-order chi connectivity index (χ0) is 9.68. The van der Waals surface area contributed by atoms with Gasteiger partial charge in [0.15, 0.2) is 0 Å². The maximum Gasteiger partial charge on any atom is 0.0410 e. The molecule has 13 heavy (non-hydrogen) atoms. The van der Waals surface area contributed by atoms with Gasteiger partial charge in [-0.15, -0.1) is 0 Å². The quantitative estimate of drug-likeness (QED) is 0.866. The third-order valence-electron chi connectivity index (χ3n) is 1.72. The highest BCUT2D eigenvalue weighted by Gasteiger charge is 1.99. The number of rotatable bonds is 4. The average Bonchev–Trinajstić information content (AvgIpc) is 2.04. The van der Waals surface area contributed by atoms with Gasteiger partial charge in [-0.3, -0.25) is 4.98 Å². The zero-order valence-corrected chi connectivity index (χ0v) is 9.29. The van der Waals surface area contributed by atoms with Gasteiger partial charge < -0.3 is 10.6 Å². The van der Waals surface area contributed by atoms with Gasteiger partial charge in [-0.05, 0) is 34.6 Å². The van der Waals surface area contributed by atoms with E-state index >= 15 is 0 Å². The molecule has 1 heterocycles. The molecular formula is C9H14BrN3. The van der Waals surface area contributed by atoms with Crippen molar-refractivity contribution in [3.63, 3.8) is 0 Å². The number of pyridine rings is 1. The van der Waals surface area contributed by atoms with Gasteiger partial charge in [-0.25, -0.2) is 0 Å². The molecule has 0 amide bonds. The van der Waals surface area contributed by atoms with Crippen LogP contribution < -0.4 is 5.73 Å². The van der Waals surface area contributed by atoms with E-state index in [1.54, 1.807) is 6.20 Å². The molecule has 1 rings (SSSR count). The molecule has 3 nitrogen and oxygen atoms in total. The summed E-state index contributed by atoms with van der Waals surface area (Å²) in [4.78, 5) is 6.26. The third kappa shape index (κ3) is 3.85. The van der Waals surface area contributed by atoms with Crippen LogP contribution in [0.5, 0.6) is 0 Å². The minimum absolute atomic E-state index is 0.692. The summed E-state index contributed by atoms with van der Waals surface area (Å²) in [7, 11) is 2.05. The van der Waals surface area contributed by atoms with E-state index in [0.717, 1.165) is 17.6 Å². The Labute approximate surface area is 87.1 Å². The van der Waals surface area contributed by atoms with E-state index in [2.05, 4.69) is 31.9 Å². The van der Waals surface area contributed by atoms with Crippen LogP contribution in [0.1, 0.15) is 5.56 Å². The number of likely N-dealkylation sites (N-methyl/N-ethyl adjacent to an activating group) is 1. The lowest BCUT2D eigenvalue weighted by molar-refractivity contribution is 0.336. The highest BCUT2D eigenvalue weighted by atomic mass is 79.9. The van der Waals surface area contributed by atoms with Crippen LogP contribution in [0.4, 0.5) is 0 Å². The predicted octanol–water partition coefficient (Wildman–Crippen LogP) is 1.23. The maximum atomic E-state index is 5.45. The van der Waals surface area contributed by atoms with E-state index in [4.69, 9.17) is 5.73 Å². The SMILES string of the molecule is CN(CCN)Cc1cncc(Br)c1. The molecule has 0 bridgehead atoms. The smallest absolute Gasteiger partial charge is 0.0410 e. The largest absolute Gasteiger partial charge is 0.329 e. The summed E-state index contributed by atoms with van der Waals surface area (Å²) in [6, 6.07) is 2.07. The van der Waals surface area contributed by atoms with Crippen LogP contribution in [0.15, 0.2) is 22.9 Å². The van der Waals surface area contributed by atoms with Crippen LogP contribution in [0, 0.1) is 0 Å². The van der Waals surface area contributed by atoms with Crippen LogP contribution in [-0.2, 0) is 6.54 Å². The first-order chi connectivity index (χ1) is 6.22. The molecule has 2 N–H and O–H groups in total. The van der Waals surface area contributed by atoms with Gasteiger partial charge in [0.2, 0.25) is 0 Å². The fourth-order valence-corrected chi connectivity index (χ4v) is 1.57. The molecule has 0 aromatic carbocycles. The summed E-state index contributed by atoms with van der Waals surface area (Å²) in [6.45, 7) is 2.49. The van der Waals surface area contributed by atoms with Crippen molar-refractivity contribution in [3.8, 4) is 0 Å². The molecule has 1 aromatic rings. The van der Waals surface area contributed by atoms with Crippen molar-refractivity contribution in [2.24, 2.45) is 5.73 Å². The topological polar surface area (TPSA) is 42.1 Å². The molecule has 0 atom stereocenters. The second-order valence-electron chi connectivity index (χ2n) is 3.04. The number of halogens is 1. The lowest BCUT2D eigenvalue weighted by Crippen LogP contribution is -2.24. The van der Waals surface area contributed by atoms with E-state index in [0.29, 0.717) is 6.54 Å². The molecule has 4 heteroatoms. The number of hydrogen-bond acceptors (Lipinski definition) is 3. The fourth-order valence-electron chi connectivity index (χ4n) is 1.15. The normalized spacial score (nSPS) is 10.8. The Morgan fingerprint density at radius 1 is 1.54 bits per heavy atom. The van der Waals surface area contributed by atoms with Crippen molar-refractivity contribution >= 4 is 15.9 Å². The molecule has 0 saturated heterocycles. The van der Waals surface area contributed by atoms with Crippen molar-refractivity contribution in [1.82, 2.24) is 9.88 Å². The Bertz CT molecular complexity index is 265. The van der Waals surface area contributed by atoms with Crippen molar-refractivity contribution in [3.05, 3.63) is 28.5 Å². The number of nitrogens with two attached hydrogens (primary N) is 1. The zero-order valence-electron chi connectivity index (χ0n) is 7.70. The lowest BCUT2D eigenvalue weighted by atomic mass is 10.3. The monoisotopic (exact) mass is 243 g/mol. The Balaban J connectivity index is 2.53. The molecule has 72 valence electrons. The third-order valence-corrected chi connectivity index (χ3v) is 2.16. The minimum Gasteiger partial charge on any atom is -0.329 e. The predicted molar refractivity (Wildman–Crippen MR) is 57.3 cm³/mol. The molecular weight excluding hydrogens is 230 g/mol. The summed E-state index contributed by atoms with van der Waals surface area (Å²) in [5.41, 5.74) is 6.65. The fraction of sp³-hybridized carbons (Fsp3) is 0.444. The van der Waals surface area contributed by atoms with Gasteiger partial charge in [0.25, 0.3) is 0 Å². The first-order valence-corrected chi connectivity index (χ1v) is 4.99. The minimum atomic E-state index is 0.692. The molecule has 0 fully saturated rings. The van der Waals surface area contributed by atoms with E-state index in [1.807, 2.05) is 13.2 Å². The first-order valence-electron chi connectivity index (χ1n) is 4.20. The van der Waals surface area contributed by atoms with Crippen LogP contribution in [0.25, 0.3) is 0 Å². The van der Waals surface area contributed by atoms with Crippen molar-refractivity contribution in [1.29, 1.82) is 0 Å². The summed E-state index contributed by atoms with van der Waals surface area (Å²) in [5.74, 6) is 0. The van der Waals surface area contributed by atoms with Gasteiger partial charge in [-0.1, -0.05) is 0 Å². The first kappa shape index (κ1) is 10.6. The number of nitrogens with zero attached hydrogens (tertiary/aromatic N) is 2. The highest BCUT2D eigenvalue weighted by Crippen LogP contribution is 2.10. The van der Waals surface area contributed by atoms with Gasteiger partial charge in [0.05, 0.1) is 0 Å². The summed E-state index contributed by atoms with van der Waals surface area (Å²) >= 11 is 3.39. The van der Waals surface area contributed by atoms with Crippen LogP contribution >= 0.6 is 15.9 Å². The van der Waals surface area contributed by atoms with E-state index in [1.165, 1.54) is 5.56 Å². The molecule has 0 saturated carbocycles. The Kier molecular flexibility index (Phi) is 4.35. The molecule has 0 aliphatic carbocycles. The Hall–Kier alpha value is -0.450. The average molecular weight is 244 g/mol. The van der Waals surface area contributed by atoms with Crippen LogP contribution in [0.2, 0.25) is 0 Å². The van der Waals surface area contributed by atoms with E-state index < -0.39 is 0 Å². The van der Waals surface area contributed by atoms with Crippen LogP contribution in [0.3, 0.4) is 0 Å². The van der Waals surface area contributed by atoms with Crippen molar-refractivity contribution in [2.45, 2.75) is 6.54 Å². The summed E-state index contributed by atoms with van der Waals surface area (Å²) in [6.07, 6.45) is 3.66. The maximum absolute atomic E-state index is 5.45. The Morgan fingerprint density at radius 2 is 2.31 bits per heavy atom. The number of hydrogen-bond donors (Lipinski definition) is 1. The summed E-state index contributed by atoms with van der Waals surface area (Å²) in [5, 5.41) is 0. The molecule has 0 spiro atoms. The molecule has 0 radical (unpaired) electrons. The summed E-state index contributed by atoms with van der Waals surface area (Å²) < 4.78 is 1.02. The molecule has 0 aliphatic rings. The molecule has 1 aromatic heterocycles. The standard InChI is InChI=1S/C9H14BrN3/c1-13(3-2-11)7-8-4-9(10)6-12-5-8/h4-6H,2-3,7,11H2,1H3. The number of aromatic nitrogens is 1. The van der Waals surface area contributed by atoms with Gasteiger partial charge >= 0.3 is 0 Å². The second kappa shape index (κ2) is 5.32. The van der Waals surface area contributed by atoms with Gasteiger partial charge in [-0.2, -0.15) is 0 Å². The van der Waals surface area contributed by atoms with Crippen molar-refractivity contribution in [2.75, 3.05) is 20.1 Å². The van der Waals surface area contributed by atoms with E-state index in [9.17, 15) is 0 Å². The highest BCUT2D eigenvalue weighted by molar-refractivity contribution is 9.10. The van der Waals surface area contributed by atoms with Crippen molar-refractivity contribution < 1.29 is 0 Å². The lowest BCUT2D eigenvalue weighted by Gasteiger charge is -2.14. The molecule has 0 aliphatic heterocycles. The van der Waals surface area contributed by atoms with Crippen LogP contribution in [-0.4, -0.2) is 30.0 Å². The van der Waals surface area contributed by atoms with Gasteiger partial charge in [0.1, 0.15) is 0 Å².